The number of hydrogen-bond acceptors (Lipinski definition) is 2. The first kappa shape index (κ1) is 8.02. The van der Waals surface area contributed by atoms with Crippen molar-refractivity contribution >= 4 is 0 Å². The second kappa shape index (κ2) is 3.94. The van der Waals surface area contributed by atoms with E-state index >= 15 is 0 Å². The molecule has 0 aromatic heterocycles. The predicted molar refractivity (Wildman–Crippen MR) is 39.9 cm³/mol. The highest BCUT2D eigenvalue weighted by molar-refractivity contribution is 4.68. The van der Waals surface area contributed by atoms with Crippen LogP contribution >= 0.6 is 0 Å². The smallest absolute Gasteiger partial charge is 0.0600 e. The maximum atomic E-state index is 9.24. The molecule has 2 atom stereocenters. The summed E-state index contributed by atoms with van der Waals surface area (Å²) in [4.78, 5) is 0. The molecule has 2 nitrogen and oxygen atoms in total. The Hall–Kier alpha value is -0.0800. The fourth-order valence-corrected chi connectivity index (χ4v) is 1.30. The van der Waals surface area contributed by atoms with Gasteiger partial charge in [-0.2, -0.15) is 0 Å². The van der Waals surface area contributed by atoms with Gasteiger partial charge in [0.15, 0.2) is 0 Å². The van der Waals surface area contributed by atoms with Crippen molar-refractivity contribution in [2.45, 2.75) is 44.8 Å². The number of hydrogen-bond donors (Lipinski definition) is 1. The summed E-state index contributed by atoms with van der Waals surface area (Å²) in [6.45, 7) is 2.89. The Morgan fingerprint density at radius 1 is 1.70 bits per heavy atom. The molecule has 0 bridgehead atoms. The molecule has 2 heteroatoms. The van der Waals surface area contributed by atoms with Crippen LogP contribution in [0.3, 0.4) is 0 Å². The number of aliphatic hydroxyl groups is 1. The van der Waals surface area contributed by atoms with Gasteiger partial charge in [0.05, 0.1) is 12.2 Å². The standard InChI is InChI=1S/C8H16O2/c1-2-7(9)6-8-4-3-5-10-8/h7-9H,2-6H2,1H3. The molecule has 0 aromatic rings. The lowest BCUT2D eigenvalue weighted by Gasteiger charge is -2.12. The Morgan fingerprint density at radius 3 is 3.00 bits per heavy atom. The van der Waals surface area contributed by atoms with Gasteiger partial charge in [0.2, 0.25) is 0 Å². The van der Waals surface area contributed by atoms with E-state index in [4.69, 9.17) is 4.74 Å². The average Bonchev–Trinajstić information content (AvgIpc) is 2.40. The highest BCUT2D eigenvalue weighted by atomic mass is 16.5. The third-order valence-corrected chi connectivity index (χ3v) is 2.03. The molecule has 1 heterocycles. The third-order valence-electron chi connectivity index (χ3n) is 2.03. The predicted octanol–water partition coefficient (Wildman–Crippen LogP) is 1.33. The van der Waals surface area contributed by atoms with Crippen LogP contribution in [-0.2, 0) is 4.74 Å². The molecule has 60 valence electrons. The first-order valence-electron chi connectivity index (χ1n) is 4.12. The summed E-state index contributed by atoms with van der Waals surface area (Å²) in [5.74, 6) is 0. The van der Waals surface area contributed by atoms with Crippen LogP contribution in [0.4, 0.5) is 0 Å². The van der Waals surface area contributed by atoms with Gasteiger partial charge in [-0.3, -0.25) is 0 Å². The maximum Gasteiger partial charge on any atom is 0.0600 e. The molecule has 2 unspecified atom stereocenters. The fourth-order valence-electron chi connectivity index (χ4n) is 1.30. The van der Waals surface area contributed by atoms with Crippen LogP contribution < -0.4 is 0 Å². The zero-order valence-corrected chi connectivity index (χ0v) is 6.55. The van der Waals surface area contributed by atoms with Crippen molar-refractivity contribution in [2.75, 3.05) is 6.61 Å². The third kappa shape index (κ3) is 2.27. The molecule has 1 saturated heterocycles. The van der Waals surface area contributed by atoms with E-state index in [2.05, 4.69) is 0 Å². The monoisotopic (exact) mass is 144 g/mol. The second-order valence-electron chi connectivity index (χ2n) is 2.93. The summed E-state index contributed by atoms with van der Waals surface area (Å²) in [7, 11) is 0. The van der Waals surface area contributed by atoms with E-state index in [9.17, 15) is 5.11 Å². The lowest BCUT2D eigenvalue weighted by molar-refractivity contribution is 0.0525. The zero-order chi connectivity index (χ0) is 7.40. The van der Waals surface area contributed by atoms with Crippen molar-refractivity contribution in [3.63, 3.8) is 0 Å². The van der Waals surface area contributed by atoms with Crippen molar-refractivity contribution in [2.24, 2.45) is 0 Å². The summed E-state index contributed by atoms with van der Waals surface area (Å²) in [6.07, 6.45) is 4.17. The first-order chi connectivity index (χ1) is 4.83. The Labute approximate surface area is 62.2 Å². The molecule has 1 aliphatic rings. The first-order valence-corrected chi connectivity index (χ1v) is 4.12. The van der Waals surface area contributed by atoms with Gasteiger partial charge in [0.25, 0.3) is 0 Å². The summed E-state index contributed by atoms with van der Waals surface area (Å²) in [5.41, 5.74) is 0. The normalized spacial score (nSPS) is 28.8. The van der Waals surface area contributed by atoms with Crippen molar-refractivity contribution in [3.8, 4) is 0 Å². The van der Waals surface area contributed by atoms with Gasteiger partial charge in [-0.25, -0.2) is 0 Å². The van der Waals surface area contributed by atoms with E-state index in [1.807, 2.05) is 6.92 Å². The SMILES string of the molecule is CCC(O)CC1CCCO1. The molecule has 1 N–H and O–H groups in total. The zero-order valence-electron chi connectivity index (χ0n) is 6.55. The summed E-state index contributed by atoms with van der Waals surface area (Å²) >= 11 is 0. The van der Waals surface area contributed by atoms with Crippen molar-refractivity contribution in [1.82, 2.24) is 0 Å². The van der Waals surface area contributed by atoms with Crippen LogP contribution in [0.2, 0.25) is 0 Å². The molecule has 1 rings (SSSR count). The number of rotatable bonds is 3. The number of aliphatic hydroxyl groups excluding tert-OH is 1. The molecule has 0 aliphatic carbocycles. The highest BCUT2D eigenvalue weighted by Gasteiger charge is 2.17. The highest BCUT2D eigenvalue weighted by Crippen LogP contribution is 2.17. The van der Waals surface area contributed by atoms with Gasteiger partial charge in [0, 0.05) is 6.61 Å². The minimum absolute atomic E-state index is 0.150. The molecular formula is C8H16O2. The Kier molecular flexibility index (Phi) is 3.16. The van der Waals surface area contributed by atoms with E-state index < -0.39 is 0 Å². The molecule has 1 aliphatic heterocycles. The Balaban J connectivity index is 2.11. The van der Waals surface area contributed by atoms with E-state index in [0.29, 0.717) is 6.10 Å². The molecule has 0 saturated carbocycles. The van der Waals surface area contributed by atoms with Gasteiger partial charge >= 0.3 is 0 Å². The molecule has 0 radical (unpaired) electrons. The minimum atomic E-state index is -0.150. The van der Waals surface area contributed by atoms with Crippen molar-refractivity contribution in [3.05, 3.63) is 0 Å². The molecule has 10 heavy (non-hydrogen) atoms. The molecular weight excluding hydrogens is 128 g/mol. The van der Waals surface area contributed by atoms with Gasteiger partial charge in [-0.05, 0) is 25.7 Å². The number of ether oxygens (including phenoxy) is 1. The van der Waals surface area contributed by atoms with Crippen LogP contribution in [0.1, 0.15) is 32.6 Å². The summed E-state index contributed by atoms with van der Waals surface area (Å²) in [5, 5.41) is 9.24. The second-order valence-corrected chi connectivity index (χ2v) is 2.93. The van der Waals surface area contributed by atoms with Gasteiger partial charge < -0.3 is 9.84 Å². The van der Waals surface area contributed by atoms with Crippen molar-refractivity contribution < 1.29 is 9.84 Å². The lowest BCUT2D eigenvalue weighted by atomic mass is 10.1. The van der Waals surface area contributed by atoms with E-state index in [0.717, 1.165) is 25.9 Å². The quantitative estimate of drug-likeness (QED) is 0.647. The lowest BCUT2D eigenvalue weighted by Crippen LogP contribution is -2.15. The van der Waals surface area contributed by atoms with Crippen LogP contribution in [0, 0.1) is 0 Å². The van der Waals surface area contributed by atoms with Crippen LogP contribution in [0.15, 0.2) is 0 Å². The van der Waals surface area contributed by atoms with Crippen molar-refractivity contribution in [1.29, 1.82) is 0 Å². The van der Waals surface area contributed by atoms with Crippen LogP contribution in [0.5, 0.6) is 0 Å². The topological polar surface area (TPSA) is 29.5 Å². The van der Waals surface area contributed by atoms with E-state index in [-0.39, 0.29) is 6.10 Å². The Morgan fingerprint density at radius 2 is 2.50 bits per heavy atom. The molecule has 0 aromatic carbocycles. The summed E-state index contributed by atoms with van der Waals surface area (Å²) < 4.78 is 5.37. The van der Waals surface area contributed by atoms with Gasteiger partial charge in [-0.15, -0.1) is 0 Å². The Bertz CT molecular complexity index is 87.3. The minimum Gasteiger partial charge on any atom is -0.393 e. The van der Waals surface area contributed by atoms with Gasteiger partial charge in [0.1, 0.15) is 0 Å². The largest absolute Gasteiger partial charge is 0.393 e. The van der Waals surface area contributed by atoms with E-state index in [1.165, 1.54) is 6.42 Å². The molecule has 0 amide bonds. The maximum absolute atomic E-state index is 9.24. The molecule has 1 fully saturated rings. The van der Waals surface area contributed by atoms with E-state index in [1.54, 1.807) is 0 Å². The van der Waals surface area contributed by atoms with Crippen LogP contribution in [-0.4, -0.2) is 23.9 Å². The fraction of sp³-hybridized carbons (Fsp3) is 1.00. The average molecular weight is 144 g/mol. The van der Waals surface area contributed by atoms with Gasteiger partial charge in [-0.1, -0.05) is 6.92 Å². The van der Waals surface area contributed by atoms with Crippen LogP contribution in [0.25, 0.3) is 0 Å². The molecule has 0 spiro atoms. The summed E-state index contributed by atoms with van der Waals surface area (Å²) in [6, 6.07) is 0.